The quantitative estimate of drug-likeness (QED) is 0.640. The van der Waals surface area contributed by atoms with Gasteiger partial charge < -0.3 is 0 Å². The lowest BCUT2D eigenvalue weighted by Crippen LogP contribution is -2.30. The molecule has 1 heteroatoms. The molecule has 0 saturated heterocycles. The molecule has 0 aliphatic heterocycles. The first kappa shape index (κ1) is 10.7. The monoisotopic (exact) mass is 182 g/mol. The molecular formula is C12H22O. The molecule has 1 nitrogen and oxygen atoms in total. The number of hydrogen-bond acceptors (Lipinski definition) is 1. The van der Waals surface area contributed by atoms with Crippen LogP contribution in [0, 0.1) is 23.7 Å². The number of carbonyl (C=O) groups excluding carboxylic acids is 1. The third kappa shape index (κ3) is 2.55. The second kappa shape index (κ2) is 4.26. The fourth-order valence-corrected chi connectivity index (χ4v) is 2.53. The molecule has 0 bridgehead atoms. The summed E-state index contributed by atoms with van der Waals surface area (Å²) in [7, 11) is 0. The molecular weight excluding hydrogens is 160 g/mol. The van der Waals surface area contributed by atoms with Crippen molar-refractivity contribution in [1.82, 2.24) is 0 Å². The van der Waals surface area contributed by atoms with Crippen molar-refractivity contribution in [3.63, 3.8) is 0 Å². The summed E-state index contributed by atoms with van der Waals surface area (Å²) in [6, 6.07) is 0. The maximum Gasteiger partial charge on any atom is 0.133 e. The molecule has 1 saturated carbocycles. The summed E-state index contributed by atoms with van der Waals surface area (Å²) in [5, 5.41) is 0. The molecule has 1 rings (SSSR count). The zero-order valence-corrected chi connectivity index (χ0v) is 9.34. The molecule has 0 amide bonds. The summed E-state index contributed by atoms with van der Waals surface area (Å²) in [6.07, 6.45) is 3.70. The summed E-state index contributed by atoms with van der Waals surface area (Å²) < 4.78 is 0. The van der Waals surface area contributed by atoms with Gasteiger partial charge in [0.2, 0.25) is 0 Å². The number of carbonyl (C=O) groups is 1. The van der Waals surface area contributed by atoms with Crippen molar-refractivity contribution in [3.8, 4) is 0 Å². The van der Waals surface area contributed by atoms with Crippen LogP contribution < -0.4 is 0 Å². The van der Waals surface area contributed by atoms with E-state index in [2.05, 4.69) is 20.8 Å². The van der Waals surface area contributed by atoms with Crippen molar-refractivity contribution >= 4 is 5.78 Å². The van der Waals surface area contributed by atoms with Crippen LogP contribution in [-0.2, 0) is 4.79 Å². The Morgan fingerprint density at radius 2 is 1.92 bits per heavy atom. The molecule has 1 aliphatic carbocycles. The number of rotatable bonds is 2. The van der Waals surface area contributed by atoms with Gasteiger partial charge in [0.05, 0.1) is 0 Å². The standard InChI is InChI=1S/C12H22O/c1-8(2)11-6-5-9(3)12(7-11)10(4)13/h8-9,11-12H,5-7H2,1-4H3/t9-,11+,12-/m0/s1. The predicted octanol–water partition coefficient (Wildman–Crippen LogP) is 3.28. The predicted molar refractivity (Wildman–Crippen MR) is 55.5 cm³/mol. The molecule has 1 aliphatic rings. The van der Waals surface area contributed by atoms with Crippen LogP contribution >= 0.6 is 0 Å². The number of Topliss-reactive ketones (excluding diaryl/α,β-unsaturated/α-hetero) is 1. The van der Waals surface area contributed by atoms with Crippen LogP contribution in [-0.4, -0.2) is 5.78 Å². The molecule has 0 spiro atoms. The first-order valence-corrected chi connectivity index (χ1v) is 5.52. The normalized spacial score (nSPS) is 35.0. The lowest BCUT2D eigenvalue weighted by molar-refractivity contribution is -0.124. The van der Waals surface area contributed by atoms with Gasteiger partial charge in [0, 0.05) is 5.92 Å². The van der Waals surface area contributed by atoms with Gasteiger partial charge in [-0.3, -0.25) is 4.79 Å². The highest BCUT2D eigenvalue weighted by Crippen LogP contribution is 2.37. The minimum absolute atomic E-state index is 0.348. The maximum absolute atomic E-state index is 11.4. The number of hydrogen-bond donors (Lipinski definition) is 0. The molecule has 0 heterocycles. The van der Waals surface area contributed by atoms with E-state index in [4.69, 9.17) is 0 Å². The average Bonchev–Trinajstić information content (AvgIpc) is 2.04. The number of ketones is 1. The van der Waals surface area contributed by atoms with Crippen LogP contribution in [0.25, 0.3) is 0 Å². The topological polar surface area (TPSA) is 17.1 Å². The van der Waals surface area contributed by atoms with Crippen LogP contribution in [0.1, 0.15) is 47.0 Å². The van der Waals surface area contributed by atoms with E-state index < -0.39 is 0 Å². The Bertz CT molecular complexity index is 184. The van der Waals surface area contributed by atoms with Gasteiger partial charge in [-0.05, 0) is 43.9 Å². The highest BCUT2D eigenvalue weighted by molar-refractivity contribution is 5.78. The molecule has 0 aromatic carbocycles. The first-order chi connectivity index (χ1) is 6.02. The minimum Gasteiger partial charge on any atom is -0.300 e. The molecule has 1 fully saturated rings. The molecule has 0 radical (unpaired) electrons. The molecule has 76 valence electrons. The van der Waals surface area contributed by atoms with Crippen LogP contribution in [0.3, 0.4) is 0 Å². The molecule has 0 N–H and O–H groups in total. The fraction of sp³-hybridized carbons (Fsp3) is 0.917. The SMILES string of the molecule is CC(=O)[C@H]1C[C@H](C(C)C)CC[C@@H]1C. The van der Waals surface area contributed by atoms with Gasteiger partial charge in [-0.25, -0.2) is 0 Å². The van der Waals surface area contributed by atoms with E-state index in [1.165, 1.54) is 12.8 Å². The summed E-state index contributed by atoms with van der Waals surface area (Å²) in [5.41, 5.74) is 0. The third-order valence-electron chi connectivity index (χ3n) is 3.70. The average molecular weight is 182 g/mol. The molecule has 0 unspecified atom stereocenters. The smallest absolute Gasteiger partial charge is 0.133 e. The first-order valence-electron chi connectivity index (χ1n) is 5.52. The van der Waals surface area contributed by atoms with Crippen molar-refractivity contribution in [2.75, 3.05) is 0 Å². The van der Waals surface area contributed by atoms with Gasteiger partial charge in [-0.15, -0.1) is 0 Å². The van der Waals surface area contributed by atoms with E-state index in [9.17, 15) is 4.79 Å². The van der Waals surface area contributed by atoms with Gasteiger partial charge in [0.25, 0.3) is 0 Å². The lowest BCUT2D eigenvalue weighted by atomic mass is 9.70. The van der Waals surface area contributed by atoms with Crippen LogP contribution in [0.5, 0.6) is 0 Å². The highest BCUT2D eigenvalue weighted by atomic mass is 16.1. The van der Waals surface area contributed by atoms with Crippen LogP contribution in [0.15, 0.2) is 0 Å². The van der Waals surface area contributed by atoms with Gasteiger partial charge in [0.1, 0.15) is 5.78 Å². The minimum atomic E-state index is 0.348. The Hall–Kier alpha value is -0.330. The van der Waals surface area contributed by atoms with Crippen molar-refractivity contribution in [2.24, 2.45) is 23.7 Å². The van der Waals surface area contributed by atoms with Gasteiger partial charge in [-0.1, -0.05) is 20.8 Å². The van der Waals surface area contributed by atoms with Gasteiger partial charge in [0.15, 0.2) is 0 Å². The van der Waals surface area contributed by atoms with Crippen molar-refractivity contribution in [1.29, 1.82) is 0 Å². The van der Waals surface area contributed by atoms with Gasteiger partial charge in [-0.2, -0.15) is 0 Å². The van der Waals surface area contributed by atoms with E-state index in [0.29, 0.717) is 17.6 Å². The second-order valence-electron chi connectivity index (χ2n) is 5.01. The van der Waals surface area contributed by atoms with Crippen molar-refractivity contribution < 1.29 is 4.79 Å². The second-order valence-corrected chi connectivity index (χ2v) is 5.01. The van der Waals surface area contributed by atoms with Gasteiger partial charge >= 0.3 is 0 Å². The van der Waals surface area contributed by atoms with E-state index in [1.54, 1.807) is 6.92 Å². The largest absolute Gasteiger partial charge is 0.300 e. The Balaban J connectivity index is 2.58. The fourth-order valence-electron chi connectivity index (χ4n) is 2.53. The third-order valence-corrected chi connectivity index (χ3v) is 3.70. The summed E-state index contributed by atoms with van der Waals surface area (Å²) >= 11 is 0. The van der Waals surface area contributed by atoms with E-state index in [1.807, 2.05) is 0 Å². The Morgan fingerprint density at radius 1 is 1.31 bits per heavy atom. The van der Waals surface area contributed by atoms with E-state index in [-0.39, 0.29) is 0 Å². The summed E-state index contributed by atoms with van der Waals surface area (Å²) in [5.74, 6) is 2.89. The molecule has 0 aromatic rings. The Morgan fingerprint density at radius 3 is 2.38 bits per heavy atom. The highest BCUT2D eigenvalue weighted by Gasteiger charge is 2.31. The molecule has 13 heavy (non-hydrogen) atoms. The maximum atomic E-state index is 11.4. The lowest BCUT2D eigenvalue weighted by Gasteiger charge is -2.34. The van der Waals surface area contributed by atoms with Crippen LogP contribution in [0.4, 0.5) is 0 Å². The Kier molecular flexibility index (Phi) is 3.52. The zero-order valence-electron chi connectivity index (χ0n) is 9.34. The summed E-state index contributed by atoms with van der Waals surface area (Å²) in [4.78, 5) is 11.4. The van der Waals surface area contributed by atoms with Crippen LogP contribution in [0.2, 0.25) is 0 Å². The molecule has 0 aromatic heterocycles. The zero-order chi connectivity index (χ0) is 10.0. The Labute approximate surface area is 81.9 Å². The van der Waals surface area contributed by atoms with Crippen molar-refractivity contribution in [3.05, 3.63) is 0 Å². The van der Waals surface area contributed by atoms with E-state index in [0.717, 1.165) is 18.3 Å². The van der Waals surface area contributed by atoms with Crippen molar-refractivity contribution in [2.45, 2.75) is 47.0 Å². The summed E-state index contributed by atoms with van der Waals surface area (Å²) in [6.45, 7) is 8.53. The van der Waals surface area contributed by atoms with E-state index >= 15 is 0 Å². The molecule has 3 atom stereocenters.